The van der Waals surface area contributed by atoms with Gasteiger partial charge in [-0.05, 0) is 18.6 Å². The molecule has 25 heavy (non-hydrogen) atoms. The molecule has 2 aromatic carbocycles. The lowest BCUT2D eigenvalue weighted by molar-refractivity contribution is -0.130. The molecule has 5 nitrogen and oxygen atoms in total. The topological polar surface area (TPSA) is 49.2 Å². The van der Waals surface area contributed by atoms with Crippen molar-refractivity contribution in [1.82, 2.24) is 14.8 Å². The molecule has 6 heteroatoms. The van der Waals surface area contributed by atoms with Crippen molar-refractivity contribution in [3.63, 3.8) is 0 Å². The average Bonchev–Trinajstić information content (AvgIpc) is 3.12. The van der Waals surface area contributed by atoms with E-state index in [1.54, 1.807) is 11.8 Å². The first-order chi connectivity index (χ1) is 12.4. The molecule has 2 heterocycles. The van der Waals surface area contributed by atoms with Gasteiger partial charge in [0.05, 0.1) is 12.7 Å². The fourth-order valence-corrected chi connectivity index (χ4v) is 3.77. The fraction of sp³-hybridized carbons (Fsp3) is 0.263. The maximum atomic E-state index is 5.64. The standard InChI is InChI=1S/C19H19N3O2S/c1-3-7-15(8-4-1)18-20-21-19(22(18)16-9-5-2-6-10-16)25-13-17-11-12-23-14-24-17/h1-10,17H,11-14H2/t17-/m1/s1. The molecule has 1 saturated heterocycles. The van der Waals surface area contributed by atoms with E-state index >= 15 is 0 Å². The van der Waals surface area contributed by atoms with Gasteiger partial charge in [-0.1, -0.05) is 60.3 Å². The van der Waals surface area contributed by atoms with Gasteiger partial charge in [0.2, 0.25) is 0 Å². The van der Waals surface area contributed by atoms with E-state index < -0.39 is 0 Å². The fourth-order valence-electron chi connectivity index (χ4n) is 2.75. The quantitative estimate of drug-likeness (QED) is 0.653. The zero-order valence-electron chi connectivity index (χ0n) is 13.7. The van der Waals surface area contributed by atoms with E-state index in [2.05, 4.69) is 39.0 Å². The summed E-state index contributed by atoms with van der Waals surface area (Å²) in [5.41, 5.74) is 2.11. The summed E-state index contributed by atoms with van der Waals surface area (Å²) in [6.45, 7) is 1.14. The summed E-state index contributed by atoms with van der Waals surface area (Å²) in [7, 11) is 0. The van der Waals surface area contributed by atoms with Crippen LogP contribution in [0.25, 0.3) is 17.1 Å². The maximum Gasteiger partial charge on any atom is 0.196 e. The van der Waals surface area contributed by atoms with Gasteiger partial charge in [-0.25, -0.2) is 0 Å². The molecule has 4 rings (SSSR count). The lowest BCUT2D eigenvalue weighted by Crippen LogP contribution is -2.25. The van der Waals surface area contributed by atoms with E-state index in [0.29, 0.717) is 6.79 Å². The molecule has 0 amide bonds. The summed E-state index contributed by atoms with van der Waals surface area (Å²) in [5.74, 6) is 1.69. The summed E-state index contributed by atoms with van der Waals surface area (Å²) in [6.07, 6.45) is 1.11. The Hall–Kier alpha value is -2.15. The number of hydrogen-bond acceptors (Lipinski definition) is 5. The Labute approximate surface area is 151 Å². The molecule has 1 aliphatic heterocycles. The maximum absolute atomic E-state index is 5.64. The number of nitrogens with zero attached hydrogens (tertiary/aromatic N) is 3. The van der Waals surface area contributed by atoms with Gasteiger partial charge in [0.25, 0.3) is 0 Å². The second-order valence-corrected chi connectivity index (χ2v) is 6.74. The second kappa shape index (κ2) is 7.82. The van der Waals surface area contributed by atoms with Gasteiger partial charge >= 0.3 is 0 Å². The van der Waals surface area contributed by atoms with Crippen molar-refractivity contribution >= 4 is 11.8 Å². The Morgan fingerprint density at radius 3 is 2.48 bits per heavy atom. The molecular formula is C19H19N3O2S. The molecule has 0 aliphatic carbocycles. The van der Waals surface area contributed by atoms with Crippen LogP contribution in [0.4, 0.5) is 0 Å². The first-order valence-corrected chi connectivity index (χ1v) is 9.29. The molecule has 1 aromatic heterocycles. The number of hydrogen-bond donors (Lipinski definition) is 0. The Kier molecular flexibility index (Phi) is 5.11. The van der Waals surface area contributed by atoms with Crippen molar-refractivity contribution < 1.29 is 9.47 Å². The van der Waals surface area contributed by atoms with Crippen LogP contribution in [0.3, 0.4) is 0 Å². The van der Waals surface area contributed by atoms with Crippen LogP contribution in [-0.4, -0.2) is 40.0 Å². The van der Waals surface area contributed by atoms with Crippen LogP contribution >= 0.6 is 11.8 Å². The molecule has 128 valence electrons. The van der Waals surface area contributed by atoms with Crippen molar-refractivity contribution in [2.45, 2.75) is 17.7 Å². The number of aromatic nitrogens is 3. The van der Waals surface area contributed by atoms with Crippen molar-refractivity contribution in [1.29, 1.82) is 0 Å². The van der Waals surface area contributed by atoms with Crippen molar-refractivity contribution in [2.75, 3.05) is 19.2 Å². The minimum Gasteiger partial charge on any atom is -0.355 e. The van der Waals surface area contributed by atoms with E-state index in [1.807, 2.05) is 36.4 Å². The highest BCUT2D eigenvalue weighted by Crippen LogP contribution is 2.29. The number of ether oxygens (including phenoxy) is 2. The van der Waals surface area contributed by atoms with Crippen LogP contribution < -0.4 is 0 Å². The van der Waals surface area contributed by atoms with E-state index in [-0.39, 0.29) is 6.10 Å². The normalized spacial score (nSPS) is 17.5. The smallest absolute Gasteiger partial charge is 0.196 e. The van der Waals surface area contributed by atoms with Crippen LogP contribution in [0.15, 0.2) is 65.8 Å². The molecule has 0 radical (unpaired) electrons. The zero-order valence-corrected chi connectivity index (χ0v) is 14.6. The van der Waals surface area contributed by atoms with Gasteiger partial charge in [-0.2, -0.15) is 0 Å². The molecular weight excluding hydrogens is 334 g/mol. The summed E-state index contributed by atoms with van der Waals surface area (Å²) < 4.78 is 13.0. The van der Waals surface area contributed by atoms with Crippen molar-refractivity contribution in [3.8, 4) is 17.1 Å². The first kappa shape index (κ1) is 16.3. The number of thioether (sulfide) groups is 1. The van der Waals surface area contributed by atoms with Gasteiger partial charge < -0.3 is 9.47 Å². The first-order valence-electron chi connectivity index (χ1n) is 8.30. The number of rotatable bonds is 5. The third-order valence-electron chi connectivity index (χ3n) is 4.05. The van der Waals surface area contributed by atoms with Gasteiger partial charge in [-0.3, -0.25) is 4.57 Å². The number of benzene rings is 2. The minimum atomic E-state index is 0.194. The van der Waals surface area contributed by atoms with Crippen LogP contribution in [0.2, 0.25) is 0 Å². The summed E-state index contributed by atoms with van der Waals surface area (Å²) in [6, 6.07) is 20.4. The Balaban J connectivity index is 1.65. The van der Waals surface area contributed by atoms with Gasteiger partial charge in [-0.15, -0.1) is 10.2 Å². The SMILES string of the molecule is c1ccc(-c2nnc(SC[C@H]3CCOCO3)n2-c2ccccc2)cc1. The van der Waals surface area contributed by atoms with E-state index in [0.717, 1.165) is 41.0 Å². The Morgan fingerprint density at radius 2 is 1.76 bits per heavy atom. The van der Waals surface area contributed by atoms with Gasteiger partial charge in [0.15, 0.2) is 11.0 Å². The highest BCUT2D eigenvalue weighted by Gasteiger charge is 2.19. The highest BCUT2D eigenvalue weighted by molar-refractivity contribution is 7.99. The Morgan fingerprint density at radius 1 is 1.00 bits per heavy atom. The predicted octanol–water partition coefficient (Wildman–Crippen LogP) is 3.79. The molecule has 0 unspecified atom stereocenters. The summed E-state index contributed by atoms with van der Waals surface area (Å²) in [5, 5.41) is 9.77. The largest absolute Gasteiger partial charge is 0.355 e. The lowest BCUT2D eigenvalue weighted by Gasteiger charge is -2.22. The van der Waals surface area contributed by atoms with E-state index in [9.17, 15) is 0 Å². The third-order valence-corrected chi connectivity index (χ3v) is 5.11. The van der Waals surface area contributed by atoms with Crippen LogP contribution in [0.1, 0.15) is 6.42 Å². The summed E-state index contributed by atoms with van der Waals surface area (Å²) in [4.78, 5) is 0. The zero-order chi connectivity index (χ0) is 16.9. The van der Waals surface area contributed by atoms with Gasteiger partial charge in [0.1, 0.15) is 6.79 Å². The monoisotopic (exact) mass is 353 g/mol. The lowest BCUT2D eigenvalue weighted by atomic mass is 10.2. The Bertz CT molecular complexity index is 802. The number of para-hydroxylation sites is 1. The molecule has 3 aromatic rings. The summed E-state index contributed by atoms with van der Waals surface area (Å²) >= 11 is 1.67. The van der Waals surface area contributed by atoms with Crippen molar-refractivity contribution in [3.05, 3.63) is 60.7 Å². The van der Waals surface area contributed by atoms with Crippen molar-refractivity contribution in [2.24, 2.45) is 0 Å². The van der Waals surface area contributed by atoms with E-state index in [1.165, 1.54) is 0 Å². The van der Waals surface area contributed by atoms with Gasteiger partial charge in [0, 0.05) is 17.0 Å². The van der Waals surface area contributed by atoms with Crippen LogP contribution in [0.5, 0.6) is 0 Å². The van der Waals surface area contributed by atoms with Crippen LogP contribution in [-0.2, 0) is 9.47 Å². The second-order valence-electron chi connectivity index (χ2n) is 5.76. The highest BCUT2D eigenvalue weighted by atomic mass is 32.2. The van der Waals surface area contributed by atoms with Crippen LogP contribution in [0, 0.1) is 0 Å². The molecule has 0 saturated carbocycles. The molecule has 1 atom stereocenters. The average molecular weight is 353 g/mol. The molecule has 1 fully saturated rings. The molecule has 0 bridgehead atoms. The predicted molar refractivity (Wildman–Crippen MR) is 97.8 cm³/mol. The molecule has 1 aliphatic rings. The van der Waals surface area contributed by atoms with E-state index in [4.69, 9.17) is 9.47 Å². The minimum absolute atomic E-state index is 0.194. The molecule has 0 N–H and O–H groups in total. The third kappa shape index (κ3) is 3.76. The molecule has 0 spiro atoms.